The summed E-state index contributed by atoms with van der Waals surface area (Å²) in [5.41, 5.74) is 1.75. The molecule has 0 amide bonds. The Morgan fingerprint density at radius 1 is 1.48 bits per heavy atom. The van der Waals surface area contributed by atoms with E-state index < -0.39 is 5.97 Å². The number of nitrogens with one attached hydrogen (secondary N) is 1. The van der Waals surface area contributed by atoms with Crippen LogP contribution in [0.3, 0.4) is 0 Å². The van der Waals surface area contributed by atoms with E-state index in [4.69, 9.17) is 19.8 Å². The number of aliphatic hydroxyl groups excluding tert-OH is 1. The van der Waals surface area contributed by atoms with E-state index >= 15 is 0 Å². The molecular weight excluding hydrogens is 272 g/mol. The zero-order valence-corrected chi connectivity index (χ0v) is 12.4. The first-order valence-corrected chi connectivity index (χ1v) is 7.07. The highest BCUT2D eigenvalue weighted by Gasteiger charge is 2.18. The number of rotatable bonds is 8. The monoisotopic (exact) mass is 294 g/mol. The van der Waals surface area contributed by atoms with Crippen molar-refractivity contribution in [3.05, 3.63) is 22.9 Å². The van der Waals surface area contributed by atoms with Crippen molar-refractivity contribution in [1.29, 1.82) is 5.26 Å². The van der Waals surface area contributed by atoms with Crippen molar-refractivity contribution in [2.75, 3.05) is 33.5 Å². The molecule has 6 heteroatoms. The molecule has 0 heterocycles. The molecular formula is C15H22N2O4. The summed E-state index contributed by atoms with van der Waals surface area (Å²) >= 11 is 0. The Balaban J connectivity index is 2.71. The molecule has 2 N–H and O–H groups in total. The molecule has 0 unspecified atom stereocenters. The zero-order chi connectivity index (χ0) is 15.5. The van der Waals surface area contributed by atoms with Gasteiger partial charge in [-0.2, -0.15) is 5.26 Å². The van der Waals surface area contributed by atoms with E-state index in [-0.39, 0.29) is 18.8 Å². The number of carbonyl (C=O) groups excluding carboxylic acids is 1. The molecule has 0 saturated carbocycles. The number of carbonyl (C=O) groups is 1. The van der Waals surface area contributed by atoms with Crippen LogP contribution in [0, 0.1) is 11.3 Å². The van der Waals surface area contributed by atoms with Gasteiger partial charge >= 0.3 is 5.97 Å². The predicted octanol–water partition coefficient (Wildman–Crippen LogP) is 1.04. The van der Waals surface area contributed by atoms with Crippen molar-refractivity contribution in [1.82, 2.24) is 5.32 Å². The molecule has 0 aromatic rings. The lowest BCUT2D eigenvalue weighted by Crippen LogP contribution is -2.19. The van der Waals surface area contributed by atoms with Crippen molar-refractivity contribution in [3.8, 4) is 6.07 Å². The normalized spacial score (nSPS) is 16.7. The third kappa shape index (κ3) is 5.98. The SMILES string of the molecule is COCCCNC1=C/C(=C(\C#N)C(=O)OCCO)CCC1. The molecule has 116 valence electrons. The van der Waals surface area contributed by atoms with Crippen molar-refractivity contribution in [2.24, 2.45) is 0 Å². The first-order chi connectivity index (χ1) is 10.2. The number of methoxy groups -OCH3 is 1. The van der Waals surface area contributed by atoms with Gasteiger partial charge in [0.05, 0.1) is 6.61 Å². The molecule has 6 nitrogen and oxygen atoms in total. The molecule has 0 fully saturated rings. The summed E-state index contributed by atoms with van der Waals surface area (Å²) in [4.78, 5) is 11.8. The van der Waals surface area contributed by atoms with Crippen LogP contribution in [0.5, 0.6) is 0 Å². The van der Waals surface area contributed by atoms with E-state index in [1.807, 2.05) is 12.1 Å². The summed E-state index contributed by atoms with van der Waals surface area (Å²) in [7, 11) is 1.66. The summed E-state index contributed by atoms with van der Waals surface area (Å²) in [5, 5.41) is 21.1. The van der Waals surface area contributed by atoms with Crippen molar-refractivity contribution in [2.45, 2.75) is 25.7 Å². The highest BCUT2D eigenvalue weighted by molar-refractivity contribution is 5.94. The highest BCUT2D eigenvalue weighted by Crippen LogP contribution is 2.24. The van der Waals surface area contributed by atoms with E-state index in [9.17, 15) is 4.79 Å². The average Bonchev–Trinajstić information content (AvgIpc) is 2.51. The molecule has 0 aliphatic heterocycles. The molecule has 1 aliphatic carbocycles. The van der Waals surface area contributed by atoms with Crippen molar-refractivity contribution >= 4 is 5.97 Å². The quantitative estimate of drug-likeness (QED) is 0.301. The Labute approximate surface area is 125 Å². The predicted molar refractivity (Wildman–Crippen MR) is 77.1 cm³/mol. The largest absolute Gasteiger partial charge is 0.459 e. The summed E-state index contributed by atoms with van der Waals surface area (Å²) in [6.07, 6.45) is 5.23. The topological polar surface area (TPSA) is 91.6 Å². The smallest absolute Gasteiger partial charge is 0.349 e. The molecule has 0 saturated heterocycles. The van der Waals surface area contributed by atoms with Crippen LogP contribution < -0.4 is 5.32 Å². The summed E-state index contributed by atoms with van der Waals surface area (Å²) in [6, 6.07) is 1.91. The second-order valence-corrected chi connectivity index (χ2v) is 4.67. The average molecular weight is 294 g/mol. The van der Waals surface area contributed by atoms with Crippen LogP contribution in [0.15, 0.2) is 22.9 Å². The molecule has 1 rings (SSSR count). The van der Waals surface area contributed by atoms with Crippen LogP contribution in [0.1, 0.15) is 25.7 Å². The molecule has 0 aromatic carbocycles. The molecule has 0 aromatic heterocycles. The van der Waals surface area contributed by atoms with Gasteiger partial charge in [0.25, 0.3) is 0 Å². The molecule has 0 bridgehead atoms. The van der Waals surface area contributed by atoms with Crippen LogP contribution >= 0.6 is 0 Å². The van der Waals surface area contributed by atoms with Crippen LogP contribution in [0.2, 0.25) is 0 Å². The molecule has 0 atom stereocenters. The van der Waals surface area contributed by atoms with E-state index in [0.29, 0.717) is 18.6 Å². The molecule has 21 heavy (non-hydrogen) atoms. The number of hydrogen-bond acceptors (Lipinski definition) is 6. The Morgan fingerprint density at radius 3 is 2.95 bits per heavy atom. The minimum Gasteiger partial charge on any atom is -0.459 e. The van der Waals surface area contributed by atoms with Crippen LogP contribution in [-0.2, 0) is 14.3 Å². The minimum atomic E-state index is -0.668. The van der Waals surface area contributed by atoms with Gasteiger partial charge in [-0.05, 0) is 37.3 Å². The Morgan fingerprint density at radius 2 is 2.29 bits per heavy atom. The Hall–Kier alpha value is -1.84. The van der Waals surface area contributed by atoms with Crippen molar-refractivity contribution in [3.63, 3.8) is 0 Å². The van der Waals surface area contributed by atoms with Crippen molar-refractivity contribution < 1.29 is 19.4 Å². The fourth-order valence-corrected chi connectivity index (χ4v) is 2.09. The minimum absolute atomic E-state index is 0.0272. The van der Waals surface area contributed by atoms with E-state index in [1.165, 1.54) is 0 Å². The maximum absolute atomic E-state index is 11.8. The third-order valence-electron chi connectivity index (χ3n) is 3.08. The maximum Gasteiger partial charge on any atom is 0.349 e. The van der Waals surface area contributed by atoms with E-state index in [1.54, 1.807) is 7.11 Å². The fourth-order valence-electron chi connectivity index (χ4n) is 2.09. The molecule has 0 radical (unpaired) electrons. The number of allylic oxidation sites excluding steroid dienone is 3. The number of hydrogen-bond donors (Lipinski definition) is 2. The van der Waals surface area contributed by atoms with Gasteiger partial charge < -0.3 is 19.9 Å². The first-order valence-electron chi connectivity index (χ1n) is 7.07. The van der Waals surface area contributed by atoms with Gasteiger partial charge in [-0.3, -0.25) is 0 Å². The number of nitrogens with zero attached hydrogens (tertiary/aromatic N) is 1. The Bertz CT molecular complexity index is 449. The van der Waals surface area contributed by atoms with Gasteiger partial charge in [0.15, 0.2) is 0 Å². The summed E-state index contributed by atoms with van der Waals surface area (Å²) < 4.78 is 9.79. The highest BCUT2D eigenvalue weighted by atomic mass is 16.5. The van der Waals surface area contributed by atoms with Gasteiger partial charge in [-0.25, -0.2) is 4.79 Å². The number of esters is 1. The lowest BCUT2D eigenvalue weighted by molar-refractivity contribution is -0.139. The number of aliphatic hydroxyl groups is 1. The summed E-state index contributed by atoms with van der Waals surface area (Å²) in [5.74, 6) is -0.668. The number of nitriles is 1. The van der Waals surface area contributed by atoms with Gasteiger partial charge in [0.2, 0.25) is 0 Å². The lowest BCUT2D eigenvalue weighted by atomic mass is 9.95. The summed E-state index contributed by atoms with van der Waals surface area (Å²) in [6.45, 7) is 1.15. The second-order valence-electron chi connectivity index (χ2n) is 4.67. The number of ether oxygens (including phenoxy) is 2. The van der Waals surface area contributed by atoms with Crippen LogP contribution in [-0.4, -0.2) is 44.6 Å². The zero-order valence-electron chi connectivity index (χ0n) is 12.4. The van der Waals surface area contributed by atoms with Gasteiger partial charge in [0.1, 0.15) is 18.2 Å². The standard InChI is InChI=1S/C15H22N2O4/c1-20-8-3-6-17-13-5-2-4-12(10-13)14(11-16)15(19)21-9-7-18/h10,17-18H,2-9H2,1H3/b14-12+. The van der Waals surface area contributed by atoms with E-state index in [2.05, 4.69) is 5.32 Å². The lowest BCUT2D eigenvalue weighted by Gasteiger charge is -2.18. The second kappa shape index (κ2) is 9.97. The van der Waals surface area contributed by atoms with E-state index in [0.717, 1.165) is 31.5 Å². The molecule has 1 aliphatic rings. The van der Waals surface area contributed by atoms with Gasteiger partial charge in [0, 0.05) is 26.0 Å². The van der Waals surface area contributed by atoms with Crippen LogP contribution in [0.25, 0.3) is 0 Å². The Kier molecular flexibility index (Phi) is 8.17. The van der Waals surface area contributed by atoms with Gasteiger partial charge in [-0.15, -0.1) is 0 Å². The van der Waals surface area contributed by atoms with Gasteiger partial charge in [-0.1, -0.05) is 0 Å². The maximum atomic E-state index is 11.8. The first kappa shape index (κ1) is 17.2. The van der Waals surface area contributed by atoms with Crippen LogP contribution in [0.4, 0.5) is 0 Å². The third-order valence-corrected chi connectivity index (χ3v) is 3.08. The fraction of sp³-hybridized carbons (Fsp3) is 0.600. The molecule has 0 spiro atoms.